The molecule has 0 spiro atoms. The largest absolute Gasteiger partial charge is 0.311 e. The zero-order valence-corrected chi connectivity index (χ0v) is 46.7. The Balaban J connectivity index is 1.31. The van der Waals surface area contributed by atoms with Crippen LogP contribution in [0.3, 0.4) is 0 Å². The fourth-order valence-corrected chi connectivity index (χ4v) is 16.6. The van der Waals surface area contributed by atoms with Crippen molar-refractivity contribution in [1.29, 1.82) is 0 Å². The highest BCUT2D eigenvalue weighted by molar-refractivity contribution is 7.20. The van der Waals surface area contributed by atoms with E-state index in [4.69, 9.17) is 0 Å². The number of benzene rings is 9. The van der Waals surface area contributed by atoms with Crippen molar-refractivity contribution in [3.63, 3.8) is 0 Å². The fraction of sp³-hybridized carbons (Fsp3) is 0.229. The Morgan fingerprint density at radius 2 is 0.703 bits per heavy atom. The van der Waals surface area contributed by atoms with Crippen LogP contribution in [0.2, 0.25) is 0 Å². The quantitative estimate of drug-likeness (QED) is 0.116. The molecular weight excluding hydrogens is 908 g/mol. The van der Waals surface area contributed by atoms with Crippen molar-refractivity contribution < 1.29 is 0 Å². The summed E-state index contributed by atoms with van der Waals surface area (Å²) in [6.45, 7) is 28.1. The number of rotatable bonds is 7. The van der Waals surface area contributed by atoms with Crippen LogP contribution in [-0.4, -0.2) is 14.8 Å². The van der Waals surface area contributed by atoms with Gasteiger partial charge in [-0.2, -0.15) is 0 Å². The van der Waals surface area contributed by atoms with Crippen molar-refractivity contribution in [3.05, 3.63) is 235 Å². The Bertz CT molecular complexity index is 3390. The third kappa shape index (κ3) is 8.46. The molecule has 0 N–H and O–H groups in total. The second-order valence-corrected chi connectivity index (χ2v) is 28.9. The van der Waals surface area contributed by atoms with E-state index in [0.717, 1.165) is 5.69 Å². The third-order valence-corrected chi connectivity index (χ3v) is 20.8. The Morgan fingerprint density at radius 1 is 0.297 bits per heavy atom. The summed E-state index contributed by atoms with van der Waals surface area (Å²) in [5.41, 5.74) is 18.7. The molecule has 4 heteroatoms. The molecule has 0 amide bonds. The fourth-order valence-electron chi connectivity index (χ4n) is 11.8. The minimum absolute atomic E-state index is 0.0185. The molecule has 2 heterocycles. The van der Waals surface area contributed by atoms with Crippen LogP contribution in [0.1, 0.15) is 105 Å². The van der Waals surface area contributed by atoms with Crippen molar-refractivity contribution in [2.24, 2.45) is 0 Å². The van der Waals surface area contributed by atoms with E-state index in [0.29, 0.717) is 0 Å². The molecule has 0 fully saturated rings. The summed E-state index contributed by atoms with van der Waals surface area (Å²) in [6, 6.07) is 82.2. The lowest BCUT2D eigenvalue weighted by molar-refractivity contribution is 0.569. The third-order valence-electron chi connectivity index (χ3n) is 16.0. The Labute approximate surface area is 443 Å². The highest BCUT2D eigenvalue weighted by Gasteiger charge is 2.47. The van der Waals surface area contributed by atoms with Gasteiger partial charge in [0.1, 0.15) is 0 Å². The van der Waals surface area contributed by atoms with Crippen LogP contribution < -0.4 is 46.9 Å². The molecule has 2 nitrogen and oxygen atoms in total. The van der Waals surface area contributed by atoms with Crippen molar-refractivity contribution in [2.45, 2.75) is 105 Å². The topological polar surface area (TPSA) is 6.48 Å². The van der Waals surface area contributed by atoms with Crippen LogP contribution in [0.5, 0.6) is 0 Å². The van der Waals surface area contributed by atoms with Crippen molar-refractivity contribution >= 4 is 86.0 Å². The first-order valence-corrected chi connectivity index (χ1v) is 28.8. The molecule has 9 aromatic rings. The molecule has 74 heavy (non-hydrogen) atoms. The van der Waals surface area contributed by atoms with E-state index < -0.39 is 8.07 Å². The van der Waals surface area contributed by atoms with E-state index in [1.54, 1.807) is 0 Å². The average Bonchev–Trinajstić information content (AvgIpc) is 3.38. The highest BCUT2D eigenvalue weighted by atomic mass is 28.3. The zero-order valence-electron chi connectivity index (χ0n) is 45.7. The lowest BCUT2D eigenvalue weighted by Crippen LogP contribution is -2.75. The van der Waals surface area contributed by atoms with Crippen LogP contribution >= 0.6 is 0 Å². The van der Waals surface area contributed by atoms with Gasteiger partial charge in [-0.05, 0) is 141 Å². The summed E-state index contributed by atoms with van der Waals surface area (Å²) in [5.74, 6) is 0. The predicted molar refractivity (Wildman–Crippen MR) is 324 cm³/mol. The smallest absolute Gasteiger partial charge is 0.252 e. The maximum atomic E-state index is 2.67. The van der Waals surface area contributed by atoms with Crippen LogP contribution in [0.25, 0.3) is 11.1 Å². The maximum absolute atomic E-state index is 2.96. The molecule has 0 saturated heterocycles. The van der Waals surface area contributed by atoms with Crippen molar-refractivity contribution in [1.82, 2.24) is 0 Å². The summed E-state index contributed by atoms with van der Waals surface area (Å²) >= 11 is 0. The van der Waals surface area contributed by atoms with E-state index in [-0.39, 0.29) is 28.4 Å². The SMILES string of the molecule is CC(C)(C)c1ccc(N2c3ccc(C(C)(C)C)cc3B3c4cc([Si](c5ccccc5)(c5ccccc5)c5ccccc5)ccc4N(c4cc(C(C)(C)C)cc(C(C)(C)C)c4)c4cc(-c5ccccc5)cc2c43)cc1. The molecule has 11 rings (SSSR count). The minimum Gasteiger partial charge on any atom is -0.311 e. The first kappa shape index (κ1) is 49.1. The van der Waals surface area contributed by atoms with Gasteiger partial charge in [0.25, 0.3) is 6.71 Å². The summed E-state index contributed by atoms with van der Waals surface area (Å²) in [5, 5.41) is 5.49. The number of hydrogen-bond donors (Lipinski definition) is 0. The number of hydrogen-bond acceptors (Lipinski definition) is 2. The molecule has 0 atom stereocenters. The van der Waals surface area contributed by atoms with E-state index in [9.17, 15) is 0 Å². The van der Waals surface area contributed by atoms with Crippen LogP contribution in [0.4, 0.5) is 34.1 Å². The maximum Gasteiger partial charge on any atom is 0.252 e. The van der Waals surface area contributed by atoms with Gasteiger partial charge in [-0.3, -0.25) is 0 Å². The summed E-state index contributed by atoms with van der Waals surface area (Å²) in [4.78, 5) is 5.24. The lowest BCUT2D eigenvalue weighted by Gasteiger charge is -2.46. The Morgan fingerprint density at radius 3 is 1.16 bits per heavy atom. The van der Waals surface area contributed by atoms with Gasteiger partial charge in [-0.25, -0.2) is 0 Å². The van der Waals surface area contributed by atoms with E-state index >= 15 is 0 Å². The van der Waals surface area contributed by atoms with Gasteiger partial charge in [-0.1, -0.05) is 247 Å². The van der Waals surface area contributed by atoms with Crippen LogP contribution in [0, 0.1) is 0 Å². The summed E-state index contributed by atoms with van der Waals surface area (Å²) < 4.78 is 0. The molecule has 0 radical (unpaired) electrons. The van der Waals surface area contributed by atoms with Gasteiger partial charge in [0.05, 0.1) is 0 Å². The molecule has 9 aromatic carbocycles. The van der Waals surface area contributed by atoms with Gasteiger partial charge in [0, 0.05) is 34.1 Å². The van der Waals surface area contributed by atoms with E-state index in [1.807, 2.05) is 0 Å². The average molecular weight is 979 g/mol. The van der Waals surface area contributed by atoms with E-state index in [1.165, 1.54) is 99.0 Å². The molecule has 0 saturated carbocycles. The first-order chi connectivity index (χ1) is 35.2. The molecule has 2 aliphatic rings. The molecular formula is C70H71BN2Si. The van der Waals surface area contributed by atoms with Gasteiger partial charge < -0.3 is 9.80 Å². The zero-order chi connectivity index (χ0) is 52.0. The monoisotopic (exact) mass is 979 g/mol. The summed E-state index contributed by atoms with van der Waals surface area (Å²) in [6.07, 6.45) is 0. The molecule has 368 valence electrons. The van der Waals surface area contributed by atoms with Gasteiger partial charge in [0.15, 0.2) is 8.07 Å². The summed E-state index contributed by atoms with van der Waals surface area (Å²) in [7, 11) is -2.96. The highest BCUT2D eigenvalue weighted by Crippen LogP contribution is 2.48. The standard InChI is InChI=1S/C70H71BN2Si/c1-67(2,3)50-33-36-54(37-34-50)72-62-39-35-51(68(4,5)6)46-60(62)71-61-47-59(74(56-27-19-14-20-28-56,57-29-21-15-22-30-57)58-31-23-16-24-32-58)38-40-63(61)73(55-44-52(69(7,8)9)43-53(45-55)70(10,11)12)65-42-49(41-64(72)66(65)71)48-25-17-13-18-26-48/h13-47H,1-12H3. The van der Waals surface area contributed by atoms with Crippen molar-refractivity contribution in [2.75, 3.05) is 9.80 Å². The second-order valence-electron chi connectivity index (χ2n) is 25.1. The first-order valence-electron chi connectivity index (χ1n) is 26.8. The van der Waals surface area contributed by atoms with Crippen LogP contribution in [0.15, 0.2) is 212 Å². The number of fused-ring (bicyclic) bond motifs is 4. The number of anilines is 6. The van der Waals surface area contributed by atoms with Gasteiger partial charge >= 0.3 is 0 Å². The molecule has 2 aliphatic heterocycles. The van der Waals surface area contributed by atoms with Crippen LogP contribution in [-0.2, 0) is 21.7 Å². The predicted octanol–water partition coefficient (Wildman–Crippen LogP) is 14.0. The Hall–Kier alpha value is -7.14. The normalized spacial score (nSPS) is 13.6. The Kier molecular flexibility index (Phi) is 12.0. The van der Waals surface area contributed by atoms with E-state index in [2.05, 4.69) is 305 Å². The van der Waals surface area contributed by atoms with Gasteiger partial charge in [-0.15, -0.1) is 0 Å². The van der Waals surface area contributed by atoms with Crippen molar-refractivity contribution in [3.8, 4) is 11.1 Å². The molecule has 0 aliphatic carbocycles. The minimum atomic E-state index is -2.96. The lowest BCUT2D eigenvalue weighted by atomic mass is 9.33. The molecule has 0 unspecified atom stereocenters. The molecule has 0 bridgehead atoms. The molecule has 0 aromatic heterocycles. The number of nitrogens with zero attached hydrogens (tertiary/aromatic N) is 2. The second kappa shape index (κ2) is 18.1. The van der Waals surface area contributed by atoms with Gasteiger partial charge in [0.2, 0.25) is 0 Å².